The second-order valence-corrected chi connectivity index (χ2v) is 6.45. The van der Waals surface area contributed by atoms with Crippen molar-refractivity contribution in [2.75, 3.05) is 53.2 Å². The third-order valence-corrected chi connectivity index (χ3v) is 3.89. The fourth-order valence-corrected chi connectivity index (χ4v) is 2.50. The molecule has 6 heteroatoms. The van der Waals surface area contributed by atoms with Crippen LogP contribution in [0.25, 0.3) is 0 Å². The summed E-state index contributed by atoms with van der Waals surface area (Å²) in [7, 11) is 1.77. The number of rotatable bonds is 10. The van der Waals surface area contributed by atoms with Crippen molar-refractivity contribution in [2.45, 2.75) is 33.1 Å². The molecule has 0 aliphatic carbocycles. The maximum atomic E-state index is 9.23. The van der Waals surface area contributed by atoms with Gasteiger partial charge in [-0.3, -0.25) is 4.99 Å². The quantitative estimate of drug-likeness (QED) is 0.319. The molecule has 1 rings (SSSR count). The molecular weight excluding hydrogens is 282 g/mol. The lowest BCUT2D eigenvalue weighted by atomic mass is 9.84. The number of aliphatic hydroxyl groups excluding tert-OH is 1. The van der Waals surface area contributed by atoms with Gasteiger partial charge in [-0.05, 0) is 25.2 Å². The molecule has 0 saturated carbocycles. The van der Waals surface area contributed by atoms with Gasteiger partial charge in [0, 0.05) is 52.0 Å². The maximum Gasteiger partial charge on any atom is 0.190 e. The van der Waals surface area contributed by atoms with Crippen molar-refractivity contribution in [3.63, 3.8) is 0 Å². The molecule has 6 nitrogen and oxygen atoms in total. The first-order chi connectivity index (χ1) is 10.6. The molecule has 22 heavy (non-hydrogen) atoms. The van der Waals surface area contributed by atoms with Gasteiger partial charge in [0.15, 0.2) is 5.96 Å². The molecule has 1 aliphatic rings. The molecule has 0 aromatic rings. The highest BCUT2D eigenvalue weighted by Gasteiger charge is 2.34. The van der Waals surface area contributed by atoms with Crippen LogP contribution in [0, 0.1) is 11.3 Å². The van der Waals surface area contributed by atoms with E-state index < -0.39 is 0 Å². The van der Waals surface area contributed by atoms with E-state index >= 15 is 0 Å². The van der Waals surface area contributed by atoms with Gasteiger partial charge in [-0.25, -0.2) is 0 Å². The lowest BCUT2D eigenvalue weighted by molar-refractivity contribution is 0.108. The van der Waals surface area contributed by atoms with E-state index in [0.29, 0.717) is 12.5 Å². The Morgan fingerprint density at radius 1 is 1.41 bits per heavy atom. The lowest BCUT2D eigenvalue weighted by Crippen LogP contribution is -2.44. The summed E-state index contributed by atoms with van der Waals surface area (Å²) >= 11 is 0. The Balaban J connectivity index is 2.19. The standard InChI is InChI=1S/C16H33N3O3/c1-14(2)11-21-9-4-7-18-15(17-3)19-12-16(5-8-20)6-10-22-13-16/h14,20H,4-13H2,1-3H3,(H2,17,18,19). The van der Waals surface area contributed by atoms with Gasteiger partial charge in [0.05, 0.1) is 6.61 Å². The fraction of sp³-hybridized carbons (Fsp3) is 0.938. The molecule has 130 valence electrons. The lowest BCUT2D eigenvalue weighted by Gasteiger charge is -2.27. The largest absolute Gasteiger partial charge is 0.396 e. The van der Waals surface area contributed by atoms with Crippen LogP contribution in [0.3, 0.4) is 0 Å². The Kier molecular flexibility index (Phi) is 9.43. The average Bonchev–Trinajstić information content (AvgIpc) is 2.94. The summed E-state index contributed by atoms with van der Waals surface area (Å²) in [6, 6.07) is 0. The summed E-state index contributed by atoms with van der Waals surface area (Å²) in [5.41, 5.74) is 0.0345. The van der Waals surface area contributed by atoms with Gasteiger partial charge in [-0.1, -0.05) is 13.8 Å². The van der Waals surface area contributed by atoms with Gasteiger partial charge in [-0.15, -0.1) is 0 Å². The Bertz CT molecular complexity index is 316. The Morgan fingerprint density at radius 3 is 2.82 bits per heavy atom. The molecule has 1 atom stereocenters. The van der Waals surface area contributed by atoms with Gasteiger partial charge in [0.25, 0.3) is 0 Å². The molecule has 1 aliphatic heterocycles. The maximum absolute atomic E-state index is 9.23. The highest BCUT2D eigenvalue weighted by Crippen LogP contribution is 2.31. The molecular formula is C16H33N3O3. The molecule has 3 N–H and O–H groups in total. The van der Waals surface area contributed by atoms with Crippen LogP contribution < -0.4 is 10.6 Å². The van der Waals surface area contributed by atoms with Crippen LogP contribution >= 0.6 is 0 Å². The van der Waals surface area contributed by atoms with E-state index in [1.54, 1.807) is 7.05 Å². The number of hydrogen-bond donors (Lipinski definition) is 3. The van der Waals surface area contributed by atoms with Crippen LogP contribution in [0.2, 0.25) is 0 Å². The van der Waals surface area contributed by atoms with Gasteiger partial charge in [0.2, 0.25) is 0 Å². The number of nitrogens with zero attached hydrogens (tertiary/aromatic N) is 1. The van der Waals surface area contributed by atoms with Crippen LogP contribution in [0.5, 0.6) is 0 Å². The van der Waals surface area contributed by atoms with E-state index in [4.69, 9.17) is 9.47 Å². The minimum Gasteiger partial charge on any atom is -0.396 e. The van der Waals surface area contributed by atoms with Crippen LogP contribution in [0.4, 0.5) is 0 Å². The molecule has 0 aromatic carbocycles. The minimum absolute atomic E-state index is 0.0345. The van der Waals surface area contributed by atoms with Crippen molar-refractivity contribution in [2.24, 2.45) is 16.3 Å². The van der Waals surface area contributed by atoms with Crippen molar-refractivity contribution in [3.05, 3.63) is 0 Å². The second-order valence-electron chi connectivity index (χ2n) is 6.45. The second kappa shape index (κ2) is 10.8. The van der Waals surface area contributed by atoms with E-state index in [-0.39, 0.29) is 12.0 Å². The van der Waals surface area contributed by atoms with Crippen molar-refractivity contribution >= 4 is 5.96 Å². The molecule has 1 fully saturated rings. The summed E-state index contributed by atoms with van der Waals surface area (Å²) in [5.74, 6) is 1.38. The molecule has 1 unspecified atom stereocenters. The molecule has 0 aromatic heterocycles. The molecule has 0 amide bonds. The Hall–Kier alpha value is -0.850. The Labute approximate surface area is 134 Å². The predicted molar refractivity (Wildman–Crippen MR) is 89.2 cm³/mol. The third-order valence-electron chi connectivity index (χ3n) is 3.89. The van der Waals surface area contributed by atoms with Gasteiger partial charge < -0.3 is 25.2 Å². The number of aliphatic hydroxyl groups is 1. The first-order valence-corrected chi connectivity index (χ1v) is 8.33. The van der Waals surface area contributed by atoms with Crippen LogP contribution in [-0.2, 0) is 9.47 Å². The van der Waals surface area contributed by atoms with E-state index in [1.165, 1.54) is 0 Å². The minimum atomic E-state index is 0.0345. The number of guanidine groups is 1. The van der Waals surface area contributed by atoms with Crippen molar-refractivity contribution in [1.82, 2.24) is 10.6 Å². The summed E-state index contributed by atoms with van der Waals surface area (Å²) in [4.78, 5) is 4.24. The van der Waals surface area contributed by atoms with E-state index in [2.05, 4.69) is 29.5 Å². The zero-order valence-corrected chi connectivity index (χ0v) is 14.4. The Morgan fingerprint density at radius 2 is 2.23 bits per heavy atom. The van der Waals surface area contributed by atoms with E-state index in [0.717, 1.165) is 58.1 Å². The third kappa shape index (κ3) is 7.42. The smallest absolute Gasteiger partial charge is 0.190 e. The van der Waals surface area contributed by atoms with E-state index in [1.807, 2.05) is 0 Å². The van der Waals surface area contributed by atoms with E-state index in [9.17, 15) is 5.11 Å². The molecule has 1 saturated heterocycles. The van der Waals surface area contributed by atoms with Crippen molar-refractivity contribution in [1.29, 1.82) is 0 Å². The van der Waals surface area contributed by atoms with Crippen molar-refractivity contribution in [3.8, 4) is 0 Å². The average molecular weight is 315 g/mol. The fourth-order valence-electron chi connectivity index (χ4n) is 2.50. The van der Waals surface area contributed by atoms with Crippen molar-refractivity contribution < 1.29 is 14.6 Å². The van der Waals surface area contributed by atoms with Crippen LogP contribution in [0.15, 0.2) is 4.99 Å². The molecule has 0 bridgehead atoms. The van der Waals surface area contributed by atoms with Gasteiger partial charge >= 0.3 is 0 Å². The number of hydrogen-bond acceptors (Lipinski definition) is 4. The highest BCUT2D eigenvalue weighted by molar-refractivity contribution is 5.79. The number of ether oxygens (including phenoxy) is 2. The van der Waals surface area contributed by atoms with Crippen LogP contribution in [0.1, 0.15) is 33.1 Å². The highest BCUT2D eigenvalue weighted by atomic mass is 16.5. The van der Waals surface area contributed by atoms with Crippen LogP contribution in [-0.4, -0.2) is 64.2 Å². The normalized spacial score (nSPS) is 22.3. The number of aliphatic imine (C=N–C) groups is 1. The number of nitrogens with one attached hydrogen (secondary N) is 2. The first-order valence-electron chi connectivity index (χ1n) is 8.33. The summed E-state index contributed by atoms with van der Waals surface area (Å²) in [6.07, 6.45) is 2.71. The first kappa shape index (κ1) is 19.2. The zero-order chi connectivity index (χ0) is 16.3. The zero-order valence-electron chi connectivity index (χ0n) is 14.4. The summed E-state index contributed by atoms with van der Waals surface area (Å²) in [5, 5.41) is 15.9. The summed E-state index contributed by atoms with van der Waals surface area (Å²) in [6.45, 7) is 9.18. The molecule has 0 radical (unpaired) electrons. The summed E-state index contributed by atoms with van der Waals surface area (Å²) < 4.78 is 11.1. The SMILES string of the molecule is CN=C(NCCCOCC(C)C)NCC1(CCO)CCOC1. The van der Waals surface area contributed by atoms with Gasteiger partial charge in [0.1, 0.15) is 0 Å². The topological polar surface area (TPSA) is 75.1 Å². The monoisotopic (exact) mass is 315 g/mol. The van der Waals surface area contributed by atoms with Gasteiger partial charge in [-0.2, -0.15) is 0 Å². The molecule has 0 spiro atoms. The molecule has 1 heterocycles. The predicted octanol–water partition coefficient (Wildman–Crippen LogP) is 1.00.